The predicted octanol–water partition coefficient (Wildman–Crippen LogP) is 0.902. The number of nitrogens with zero attached hydrogens (tertiary/aromatic N) is 6. The zero-order chi connectivity index (χ0) is 54.6. The van der Waals surface area contributed by atoms with Gasteiger partial charge < -0.3 is 35.1 Å². The van der Waals surface area contributed by atoms with E-state index >= 15 is 0 Å². The van der Waals surface area contributed by atoms with Crippen LogP contribution in [0.25, 0.3) is 44.2 Å². The summed E-state index contributed by atoms with van der Waals surface area (Å²) in [5.41, 5.74) is 4.58. The van der Waals surface area contributed by atoms with Gasteiger partial charge in [0, 0.05) is 58.8 Å². The van der Waals surface area contributed by atoms with Gasteiger partial charge in [0.15, 0.2) is 5.82 Å². The van der Waals surface area contributed by atoms with Crippen LogP contribution < -0.4 is 10.2 Å². The number of carbonyl (C=O) groups excluding carboxylic acids is 1. The Morgan fingerprint density at radius 2 is 1.37 bits per heavy atom. The minimum absolute atomic E-state index is 0.0974. The van der Waals surface area contributed by atoms with Crippen LogP contribution in [0.15, 0.2) is 79.3 Å². The van der Waals surface area contributed by atoms with E-state index in [0.717, 1.165) is 101 Å². The summed E-state index contributed by atoms with van der Waals surface area (Å²) in [4.78, 5) is 39.3. The van der Waals surface area contributed by atoms with Crippen molar-refractivity contribution >= 4 is 550 Å². The number of fused-ring (bicyclic) bond motifs is 6. The summed E-state index contributed by atoms with van der Waals surface area (Å²) in [5, 5.41) is 28.6. The number of piperidine rings is 1. The number of aromatic nitrogens is 5. The molecule has 73 heavy (non-hydrogen) atoms. The van der Waals surface area contributed by atoms with Crippen molar-refractivity contribution in [3.63, 3.8) is 0 Å². The molecule has 4 atom stereocenters. The van der Waals surface area contributed by atoms with Gasteiger partial charge >= 0.3 is 511 Å². The number of rotatable bonds is 5. The Labute approximate surface area is 797 Å². The molecule has 0 bridgehead atoms. The van der Waals surface area contributed by atoms with Crippen molar-refractivity contribution in [2.75, 3.05) is 31.1 Å². The van der Waals surface area contributed by atoms with E-state index in [4.69, 9.17) is 14.7 Å². The number of hydrogen-bond acceptors (Lipinski definition) is 10. The van der Waals surface area contributed by atoms with Gasteiger partial charge in [-0.2, -0.15) is 0 Å². The molecule has 310 valence electrons. The van der Waals surface area contributed by atoms with Gasteiger partial charge in [-0.15, -0.1) is 0 Å². The number of nitrogens with one attached hydrogen (secondary N) is 2. The summed E-state index contributed by atoms with van der Waals surface area (Å²) in [5.74, 6) is 2.17. The van der Waals surface area contributed by atoms with Crippen LogP contribution in [0.5, 0.6) is 0 Å². The summed E-state index contributed by atoms with van der Waals surface area (Å²) in [6.45, 7) is 2.90. The molecule has 4 aromatic heterocycles. The summed E-state index contributed by atoms with van der Waals surface area (Å²) >= 11 is 20.0. The van der Waals surface area contributed by atoms with Crippen LogP contribution in [0.4, 0.5) is 10.6 Å². The molecule has 2 saturated carbocycles. The van der Waals surface area contributed by atoms with Crippen molar-refractivity contribution in [3.8, 4) is 11.4 Å². The summed E-state index contributed by atoms with van der Waals surface area (Å²) in [6.07, 6.45) is 15.5. The van der Waals surface area contributed by atoms with E-state index in [0.29, 0.717) is 31.3 Å². The summed E-state index contributed by atoms with van der Waals surface area (Å²) < 4.78 is 5.32. The van der Waals surface area contributed by atoms with Gasteiger partial charge in [0.05, 0.1) is 35.5 Å². The van der Waals surface area contributed by atoms with E-state index in [2.05, 4.69) is 43.4 Å². The zero-order valence-electron chi connectivity index (χ0n) is 48.2. The van der Waals surface area contributed by atoms with E-state index in [1.807, 2.05) is 61.1 Å². The van der Waals surface area contributed by atoms with Crippen LogP contribution in [0, 0.1) is 0 Å². The quantitative estimate of drug-likeness (QED) is 0.184. The number of hydrogen-bond donors (Lipinski definition) is 4. The van der Waals surface area contributed by atoms with Gasteiger partial charge in [-0.25, -0.2) is 19.7 Å². The SMILES string of the molecule is O=C(OCc1ccccc1)N1CC[C@@H]2NCC[C@]2(O)C1.O[C@@]12CCCC[C@@H]1N(c1nc(-c3ccnc4[nH]c5ccccc5c34)nc3cncc(C4CCC4)c13)CC2.[K][K].[K][K].[K][K].[K][K].[K][K].[K][K].[K][K].[K][K]. The molecule has 12 nitrogen and oxygen atoms in total. The molecule has 2 aromatic carbocycles. The van der Waals surface area contributed by atoms with E-state index in [1.165, 1.54) is 530 Å². The normalized spacial score (nSPS) is 21.1. The zero-order valence-corrected chi connectivity index (χ0v) is 98.2. The summed E-state index contributed by atoms with van der Waals surface area (Å²) in [7, 11) is 0. The van der Waals surface area contributed by atoms with E-state index in [-0.39, 0.29) is 24.8 Å². The fraction of sp³-hybridized carbons (Fsp3) is 0.444. The molecule has 3 saturated heterocycles. The van der Waals surface area contributed by atoms with Gasteiger partial charge in [-0.05, 0) is 80.7 Å². The van der Waals surface area contributed by atoms with Gasteiger partial charge in [0.2, 0.25) is 0 Å². The van der Waals surface area contributed by atoms with Gasteiger partial charge in [0.25, 0.3) is 0 Å². The molecule has 0 unspecified atom stereocenters. The van der Waals surface area contributed by atoms with E-state index in [9.17, 15) is 15.0 Å². The van der Waals surface area contributed by atoms with Crippen LogP contribution in [0.3, 0.4) is 0 Å². The van der Waals surface area contributed by atoms with Crippen LogP contribution in [0.2, 0.25) is 0 Å². The topological polar surface area (TPSA) is 153 Å². The molecule has 4 N–H and O–H groups in total. The number of aliphatic hydroxyl groups is 2. The molecule has 6 aromatic rings. The third kappa shape index (κ3) is 29.4. The average molecular weight is 1390 g/mol. The predicted molar refractivity (Wildman–Crippen MR) is 312 cm³/mol. The van der Waals surface area contributed by atoms with Crippen molar-refractivity contribution in [3.05, 3.63) is 90.4 Å². The van der Waals surface area contributed by atoms with Crippen LogP contribution in [-0.4, -0.2) is 601 Å². The third-order valence-corrected chi connectivity index (χ3v) is 13.4. The molecule has 28 heteroatoms. The van der Waals surface area contributed by atoms with Crippen LogP contribution >= 0.6 is 0 Å². The Balaban J connectivity index is 0.000000432. The van der Waals surface area contributed by atoms with Gasteiger partial charge in [-0.3, -0.25) is 4.98 Å². The Kier molecular flexibility index (Phi) is 68.6. The maximum atomic E-state index is 12.1. The van der Waals surface area contributed by atoms with Crippen molar-refractivity contribution in [2.45, 2.75) is 100 Å². The number of carbonyl (C=O) groups is 1. The first-order chi connectivity index (χ1) is 35.9. The van der Waals surface area contributed by atoms with Gasteiger partial charge in [0.1, 0.15) is 18.1 Å². The molecule has 2 aliphatic carbocycles. The monoisotopic (exact) mass is 1390 g/mol. The molecule has 1 amide bonds. The molecule has 5 fully saturated rings. The molecule has 0 spiro atoms. The number of pyridine rings is 2. The minimum atomic E-state index is -0.788. The third-order valence-electron chi connectivity index (χ3n) is 13.4. The van der Waals surface area contributed by atoms with Crippen LogP contribution in [-0.2, 0) is 11.3 Å². The average Bonchev–Trinajstić information content (AvgIpc) is 4.16. The Morgan fingerprint density at radius 3 is 2.04 bits per heavy atom. The molecule has 3 aliphatic heterocycles. The second-order valence-electron chi connectivity index (χ2n) is 16.8. The number of anilines is 1. The van der Waals surface area contributed by atoms with E-state index < -0.39 is 11.2 Å². The number of para-hydroxylation sites is 1. The van der Waals surface area contributed by atoms with Crippen molar-refractivity contribution in [1.82, 2.24) is 35.1 Å². The first kappa shape index (κ1) is 90.1. The standard InChI is InChI=1S/C30H30N6O.C15H20N2O3.16K/c37-30-12-4-3-10-24(30)36(15-13-30)29-26-21(18-6-5-7-18)16-31-17-23(26)34-27(35-29)20-11-14-32-28-25(20)19-8-1-2-9-22(19)33-28;18-14(20-10-12-4-2-1-3-5-12)17-9-6-13-15(19,11-17)7-8-16-13;;;;;;;;;;;;;;;;/h1-2,8-9,11,14,16-18,24,37H,3-7,10,12-13,15H2,(H,32,33);1-5,13,16,19H,6-11H2;;;;;;;;;;;;;;;;/t24-,30+;13-,15-;;;;;;;;;;;;;;;;/m00................/s1. The molecule has 5 aliphatic rings. The maximum absolute atomic E-state index is 12.1. The Hall–Kier alpha value is 21.0. The van der Waals surface area contributed by atoms with Crippen molar-refractivity contribution < 1.29 is 19.7 Å². The number of ether oxygens (including phenoxy) is 1. The number of aromatic amines is 1. The first-order valence-corrected chi connectivity index (χ1v) is 157. The second kappa shape index (κ2) is 55.6. The first-order valence-electron chi connectivity index (χ1n) is 28.8. The van der Waals surface area contributed by atoms with Crippen LogP contribution in [0.1, 0.15) is 81.3 Å². The molecule has 0 radical (unpaired) electrons. The number of amides is 1. The van der Waals surface area contributed by atoms with Gasteiger partial charge in [-0.1, -0.05) is 67.8 Å². The molecule has 11 rings (SSSR count). The second-order valence-corrected chi connectivity index (χ2v) is 16.8. The van der Waals surface area contributed by atoms with Crippen molar-refractivity contribution in [1.29, 1.82) is 0 Å². The molecular formula is C45H50K16N8O4. The Bertz CT molecular complexity index is 2490. The van der Waals surface area contributed by atoms with E-state index in [1.54, 1.807) is 4.90 Å². The number of H-pyrrole nitrogens is 1. The number of likely N-dealkylation sites (tertiary alicyclic amines) is 1. The number of β-amino-alcohol motifs (C(OH)–C–C–N with tert-alkyl or cyclic N) is 1. The Morgan fingerprint density at radius 1 is 0.699 bits per heavy atom. The summed E-state index contributed by atoms with van der Waals surface area (Å²) in [6, 6.07) is 20.1. The number of benzene rings is 2. The fourth-order valence-corrected chi connectivity index (χ4v) is 10.1. The molecule has 7 heterocycles. The van der Waals surface area contributed by atoms with Crippen molar-refractivity contribution in [2.24, 2.45) is 0 Å². The molecular weight excluding hydrogens is 1340 g/mol. The fourth-order valence-electron chi connectivity index (χ4n) is 10.1.